The summed E-state index contributed by atoms with van der Waals surface area (Å²) in [5.41, 5.74) is -0.164. The highest BCUT2D eigenvalue weighted by Crippen LogP contribution is 2.06. The van der Waals surface area contributed by atoms with Crippen LogP contribution in [0.3, 0.4) is 0 Å². The maximum atomic E-state index is 13.0. The van der Waals surface area contributed by atoms with Gasteiger partial charge in [0, 0.05) is 12.4 Å². The van der Waals surface area contributed by atoms with Crippen molar-refractivity contribution in [1.82, 2.24) is 24.4 Å². The van der Waals surface area contributed by atoms with Crippen LogP contribution >= 0.6 is 0 Å². The van der Waals surface area contributed by atoms with E-state index in [9.17, 15) is 14.4 Å². The van der Waals surface area contributed by atoms with Gasteiger partial charge >= 0.3 is 5.69 Å². The van der Waals surface area contributed by atoms with Crippen molar-refractivity contribution in [3.05, 3.63) is 93.4 Å². The number of carbonyl (C=O) groups is 1. The monoisotopic (exact) mass is 391 g/mol. The zero-order chi connectivity index (χ0) is 20.2. The molecule has 1 N–H and O–H groups in total. The maximum absolute atomic E-state index is 13.0. The molecule has 0 radical (unpaired) electrons. The van der Waals surface area contributed by atoms with E-state index >= 15 is 0 Å². The van der Waals surface area contributed by atoms with E-state index in [0.29, 0.717) is 17.0 Å². The zero-order valence-electron chi connectivity index (χ0n) is 15.3. The van der Waals surface area contributed by atoms with Crippen LogP contribution in [0, 0.1) is 0 Å². The topological polar surface area (TPSA) is 112 Å². The molecule has 0 spiro atoms. The van der Waals surface area contributed by atoms with Crippen molar-refractivity contribution in [1.29, 1.82) is 0 Å². The fourth-order valence-electron chi connectivity index (χ4n) is 2.99. The average Bonchev–Trinajstić information content (AvgIpc) is 3.27. The summed E-state index contributed by atoms with van der Waals surface area (Å²) in [6.45, 7) is -0.0758. The van der Waals surface area contributed by atoms with Crippen molar-refractivity contribution in [2.75, 3.05) is 0 Å². The molecule has 4 heterocycles. The molecular weight excluding hydrogens is 374 g/mol. The minimum atomic E-state index is -0.602. The van der Waals surface area contributed by atoms with Crippen molar-refractivity contribution in [2.45, 2.75) is 19.6 Å². The molecule has 1 amide bonds. The quantitative estimate of drug-likeness (QED) is 0.523. The Bertz CT molecular complexity index is 1260. The Balaban J connectivity index is 1.71. The van der Waals surface area contributed by atoms with Gasteiger partial charge in [-0.1, -0.05) is 6.07 Å². The summed E-state index contributed by atoms with van der Waals surface area (Å²) in [4.78, 5) is 46.6. The number of hydrogen-bond acceptors (Lipinski definition) is 6. The van der Waals surface area contributed by atoms with Crippen molar-refractivity contribution in [3.8, 4) is 0 Å². The normalized spacial score (nSPS) is 10.9. The number of rotatable bonds is 6. The van der Waals surface area contributed by atoms with Crippen molar-refractivity contribution >= 4 is 16.9 Å². The molecule has 0 aromatic carbocycles. The van der Waals surface area contributed by atoms with Crippen LogP contribution in [0.5, 0.6) is 0 Å². The molecule has 0 aliphatic carbocycles. The first-order chi connectivity index (χ1) is 14.1. The molecule has 0 aliphatic heterocycles. The third-order valence-corrected chi connectivity index (χ3v) is 4.37. The van der Waals surface area contributed by atoms with Gasteiger partial charge in [-0.3, -0.25) is 23.7 Å². The highest BCUT2D eigenvalue weighted by molar-refractivity contribution is 5.79. The van der Waals surface area contributed by atoms with Gasteiger partial charge in [0.25, 0.3) is 5.56 Å². The smallest absolute Gasteiger partial charge is 0.332 e. The van der Waals surface area contributed by atoms with Crippen LogP contribution in [0.25, 0.3) is 11.0 Å². The SMILES string of the molecule is O=C(Cn1c(=O)n(Cc2ccccn2)c(=O)c2ncccc21)NCc1ccco1. The van der Waals surface area contributed by atoms with E-state index in [1.165, 1.54) is 17.0 Å². The minimum Gasteiger partial charge on any atom is -0.467 e. The summed E-state index contributed by atoms with van der Waals surface area (Å²) in [6.07, 6.45) is 4.57. The number of furan rings is 1. The summed E-state index contributed by atoms with van der Waals surface area (Å²) in [5, 5.41) is 2.70. The van der Waals surface area contributed by atoms with Gasteiger partial charge in [0.2, 0.25) is 5.91 Å². The summed E-state index contributed by atoms with van der Waals surface area (Å²) in [6, 6.07) is 11.9. The standard InChI is InChI=1S/C20H17N5O4/c26-17(23-11-15-6-4-10-29-15)13-24-16-7-3-9-22-18(16)19(27)25(20(24)28)12-14-5-1-2-8-21-14/h1-10H,11-13H2,(H,23,26). The number of carbonyl (C=O) groups excluding carboxylic acids is 1. The molecule has 29 heavy (non-hydrogen) atoms. The number of fused-ring (bicyclic) bond motifs is 1. The summed E-state index contributed by atoms with van der Waals surface area (Å²) in [7, 11) is 0. The van der Waals surface area contributed by atoms with Gasteiger partial charge in [-0.05, 0) is 36.4 Å². The van der Waals surface area contributed by atoms with Gasteiger partial charge in [-0.15, -0.1) is 0 Å². The van der Waals surface area contributed by atoms with Crippen LogP contribution in [0.15, 0.2) is 75.1 Å². The Kier molecular flexibility index (Phi) is 5.02. The molecule has 0 atom stereocenters. The van der Waals surface area contributed by atoms with E-state index < -0.39 is 17.2 Å². The van der Waals surface area contributed by atoms with Gasteiger partial charge in [0.15, 0.2) is 5.52 Å². The van der Waals surface area contributed by atoms with E-state index in [2.05, 4.69) is 15.3 Å². The van der Waals surface area contributed by atoms with Gasteiger partial charge in [-0.25, -0.2) is 9.78 Å². The van der Waals surface area contributed by atoms with Crippen LogP contribution in [0.4, 0.5) is 0 Å². The number of nitrogens with zero attached hydrogens (tertiary/aromatic N) is 4. The highest BCUT2D eigenvalue weighted by atomic mass is 16.3. The predicted molar refractivity (Wildman–Crippen MR) is 104 cm³/mol. The van der Waals surface area contributed by atoms with Crippen LogP contribution in [0.2, 0.25) is 0 Å². The van der Waals surface area contributed by atoms with Crippen molar-refractivity contribution in [3.63, 3.8) is 0 Å². The van der Waals surface area contributed by atoms with Gasteiger partial charge < -0.3 is 9.73 Å². The molecule has 4 aromatic rings. The lowest BCUT2D eigenvalue weighted by Gasteiger charge is -2.13. The Morgan fingerprint density at radius 3 is 2.62 bits per heavy atom. The lowest BCUT2D eigenvalue weighted by atomic mass is 10.3. The summed E-state index contributed by atoms with van der Waals surface area (Å²) >= 11 is 0. The number of aromatic nitrogens is 4. The Morgan fingerprint density at radius 2 is 1.86 bits per heavy atom. The van der Waals surface area contributed by atoms with Gasteiger partial charge in [0.05, 0.1) is 30.6 Å². The maximum Gasteiger partial charge on any atom is 0.332 e. The molecule has 0 saturated heterocycles. The van der Waals surface area contributed by atoms with Crippen molar-refractivity contribution < 1.29 is 9.21 Å². The molecule has 0 aliphatic rings. The summed E-state index contributed by atoms with van der Waals surface area (Å²) < 4.78 is 7.46. The molecule has 146 valence electrons. The summed E-state index contributed by atoms with van der Waals surface area (Å²) in [5.74, 6) is 0.203. The van der Waals surface area contributed by atoms with Crippen LogP contribution in [0.1, 0.15) is 11.5 Å². The largest absolute Gasteiger partial charge is 0.467 e. The molecule has 0 saturated carbocycles. The zero-order valence-corrected chi connectivity index (χ0v) is 15.3. The van der Waals surface area contributed by atoms with Gasteiger partial charge in [-0.2, -0.15) is 0 Å². The first-order valence-electron chi connectivity index (χ1n) is 8.91. The molecule has 4 rings (SSSR count). The molecule has 9 nitrogen and oxygen atoms in total. The lowest BCUT2D eigenvalue weighted by Crippen LogP contribution is -2.43. The van der Waals surface area contributed by atoms with Crippen molar-refractivity contribution in [2.24, 2.45) is 0 Å². The fourth-order valence-corrected chi connectivity index (χ4v) is 2.99. The third-order valence-electron chi connectivity index (χ3n) is 4.37. The van der Waals surface area contributed by atoms with Crippen LogP contribution < -0.4 is 16.6 Å². The molecule has 9 heteroatoms. The second-order valence-electron chi connectivity index (χ2n) is 6.31. The first-order valence-corrected chi connectivity index (χ1v) is 8.91. The second kappa shape index (κ2) is 7.93. The number of pyridine rings is 2. The second-order valence-corrected chi connectivity index (χ2v) is 6.31. The van der Waals surface area contributed by atoms with E-state index in [0.717, 1.165) is 4.57 Å². The predicted octanol–water partition coefficient (Wildman–Crippen LogP) is 0.911. The molecule has 0 fully saturated rings. The van der Waals surface area contributed by atoms with Gasteiger partial charge in [0.1, 0.15) is 12.3 Å². The number of amides is 1. The molecular formula is C20H17N5O4. The lowest BCUT2D eigenvalue weighted by molar-refractivity contribution is -0.121. The van der Waals surface area contributed by atoms with E-state index in [-0.39, 0.29) is 25.2 Å². The van der Waals surface area contributed by atoms with E-state index in [4.69, 9.17) is 4.42 Å². The van der Waals surface area contributed by atoms with Crippen LogP contribution in [-0.4, -0.2) is 25.0 Å². The molecule has 0 bridgehead atoms. The Morgan fingerprint density at radius 1 is 1.00 bits per heavy atom. The average molecular weight is 391 g/mol. The highest BCUT2D eigenvalue weighted by Gasteiger charge is 2.16. The van der Waals surface area contributed by atoms with Crippen LogP contribution in [-0.2, 0) is 24.4 Å². The molecule has 4 aromatic heterocycles. The first kappa shape index (κ1) is 18.4. The Hall–Kier alpha value is -4.01. The fraction of sp³-hybridized carbons (Fsp3) is 0.150. The number of nitrogens with one attached hydrogen (secondary N) is 1. The Labute approximate surface area is 164 Å². The third kappa shape index (κ3) is 3.84. The number of hydrogen-bond donors (Lipinski definition) is 1. The van der Waals surface area contributed by atoms with E-state index in [1.807, 2.05) is 0 Å². The minimum absolute atomic E-state index is 0.0148. The molecule has 0 unspecified atom stereocenters. The van der Waals surface area contributed by atoms with E-state index in [1.54, 1.807) is 48.7 Å².